The number of amides is 1. The molecule has 0 bridgehead atoms. The van der Waals surface area contributed by atoms with Crippen LogP contribution in [0.15, 0.2) is 12.1 Å². The summed E-state index contributed by atoms with van der Waals surface area (Å²) < 4.78 is 5.75. The van der Waals surface area contributed by atoms with Crippen molar-refractivity contribution in [1.29, 1.82) is 0 Å². The molecule has 1 unspecified atom stereocenters. The SMILES string of the molecule is Cc1cc(O)cc2c1C(C)N(C(=O)OC(C)(C)C)C21CCCCC1. The first kappa shape index (κ1) is 17.1. The van der Waals surface area contributed by atoms with Crippen molar-refractivity contribution in [2.24, 2.45) is 0 Å². The molecule has 1 aliphatic heterocycles. The Balaban J connectivity index is 2.12. The zero-order chi connectivity index (χ0) is 17.7. The highest BCUT2D eigenvalue weighted by molar-refractivity contribution is 5.73. The molecule has 0 aromatic heterocycles. The molecule has 1 amide bonds. The monoisotopic (exact) mass is 331 g/mol. The van der Waals surface area contributed by atoms with Crippen LogP contribution in [0.3, 0.4) is 0 Å². The van der Waals surface area contributed by atoms with Crippen molar-refractivity contribution >= 4 is 6.09 Å². The maximum absolute atomic E-state index is 13.1. The lowest BCUT2D eigenvalue weighted by atomic mass is 9.76. The molecule has 1 atom stereocenters. The molecule has 0 saturated heterocycles. The number of benzene rings is 1. The van der Waals surface area contributed by atoms with Gasteiger partial charge in [-0.2, -0.15) is 0 Å². The maximum atomic E-state index is 13.1. The number of carbonyl (C=O) groups is 1. The number of aryl methyl sites for hydroxylation is 1. The molecular weight excluding hydrogens is 302 g/mol. The molecule has 1 N–H and O–H groups in total. The average molecular weight is 331 g/mol. The second-order valence-electron chi connectivity index (χ2n) is 8.34. The van der Waals surface area contributed by atoms with E-state index in [1.54, 1.807) is 6.07 Å². The smallest absolute Gasteiger partial charge is 0.411 e. The fourth-order valence-corrected chi connectivity index (χ4v) is 4.64. The van der Waals surface area contributed by atoms with E-state index in [0.717, 1.165) is 36.8 Å². The Morgan fingerprint density at radius 1 is 1.25 bits per heavy atom. The molecule has 0 radical (unpaired) electrons. The summed E-state index contributed by atoms with van der Waals surface area (Å²) in [5.74, 6) is 0.287. The van der Waals surface area contributed by atoms with Gasteiger partial charge in [0, 0.05) is 0 Å². The van der Waals surface area contributed by atoms with E-state index in [1.165, 1.54) is 12.0 Å². The van der Waals surface area contributed by atoms with Crippen LogP contribution in [-0.4, -0.2) is 21.7 Å². The maximum Gasteiger partial charge on any atom is 0.411 e. The van der Waals surface area contributed by atoms with Gasteiger partial charge in [-0.15, -0.1) is 0 Å². The standard InChI is InChI=1S/C20H29NO3/c1-13-11-15(22)12-16-17(13)14(2)21(18(23)24-19(3,4)5)20(16)9-7-6-8-10-20/h11-12,14,22H,6-10H2,1-5H3. The largest absolute Gasteiger partial charge is 0.508 e. The molecule has 1 aliphatic carbocycles. The van der Waals surface area contributed by atoms with Crippen molar-refractivity contribution in [3.05, 3.63) is 28.8 Å². The number of fused-ring (bicyclic) bond motifs is 2. The van der Waals surface area contributed by atoms with Gasteiger partial charge in [-0.3, -0.25) is 4.90 Å². The highest BCUT2D eigenvalue weighted by Crippen LogP contribution is 2.55. The number of rotatable bonds is 0. The van der Waals surface area contributed by atoms with E-state index in [0.29, 0.717) is 0 Å². The van der Waals surface area contributed by atoms with E-state index in [2.05, 4.69) is 6.92 Å². The first-order valence-corrected chi connectivity index (χ1v) is 9.02. The summed E-state index contributed by atoms with van der Waals surface area (Å²) in [4.78, 5) is 15.0. The first-order valence-electron chi connectivity index (χ1n) is 9.02. The van der Waals surface area contributed by atoms with Gasteiger partial charge in [0.15, 0.2) is 0 Å². The molecular formula is C20H29NO3. The summed E-state index contributed by atoms with van der Waals surface area (Å²) in [5, 5.41) is 10.2. The molecule has 4 heteroatoms. The number of aromatic hydroxyl groups is 1. The molecule has 4 nitrogen and oxygen atoms in total. The van der Waals surface area contributed by atoms with Crippen molar-refractivity contribution in [2.75, 3.05) is 0 Å². The quantitative estimate of drug-likeness (QED) is 0.713. The fourth-order valence-electron chi connectivity index (χ4n) is 4.64. The second-order valence-corrected chi connectivity index (χ2v) is 8.34. The molecule has 1 fully saturated rings. The normalized spacial score (nSPS) is 22.5. The highest BCUT2D eigenvalue weighted by Gasteiger charge is 2.53. The van der Waals surface area contributed by atoms with Gasteiger partial charge >= 0.3 is 6.09 Å². The van der Waals surface area contributed by atoms with E-state index in [1.807, 2.05) is 38.7 Å². The molecule has 1 aromatic rings. The molecule has 3 rings (SSSR count). The lowest BCUT2D eigenvalue weighted by Crippen LogP contribution is -2.48. The van der Waals surface area contributed by atoms with Crippen molar-refractivity contribution in [3.63, 3.8) is 0 Å². The molecule has 2 aliphatic rings. The summed E-state index contributed by atoms with van der Waals surface area (Å²) in [7, 11) is 0. The van der Waals surface area contributed by atoms with Gasteiger partial charge in [0.1, 0.15) is 11.4 Å². The molecule has 132 valence electrons. The van der Waals surface area contributed by atoms with Gasteiger partial charge in [0.25, 0.3) is 0 Å². The number of nitrogens with zero attached hydrogens (tertiary/aromatic N) is 1. The van der Waals surface area contributed by atoms with E-state index < -0.39 is 5.60 Å². The predicted octanol–water partition coefficient (Wildman–Crippen LogP) is 5.17. The Morgan fingerprint density at radius 2 is 1.88 bits per heavy atom. The molecule has 24 heavy (non-hydrogen) atoms. The fraction of sp³-hybridized carbons (Fsp3) is 0.650. The van der Waals surface area contributed by atoms with E-state index in [9.17, 15) is 9.90 Å². The Hall–Kier alpha value is -1.71. The van der Waals surface area contributed by atoms with E-state index in [4.69, 9.17) is 4.74 Å². The zero-order valence-electron chi connectivity index (χ0n) is 15.5. The van der Waals surface area contributed by atoms with Crippen LogP contribution in [0.25, 0.3) is 0 Å². The van der Waals surface area contributed by atoms with Gasteiger partial charge in [0.2, 0.25) is 0 Å². The molecule has 1 spiro atoms. The van der Waals surface area contributed by atoms with Gasteiger partial charge < -0.3 is 9.84 Å². The topological polar surface area (TPSA) is 49.8 Å². The van der Waals surface area contributed by atoms with Crippen LogP contribution in [0.2, 0.25) is 0 Å². The van der Waals surface area contributed by atoms with Crippen LogP contribution in [-0.2, 0) is 10.3 Å². The minimum atomic E-state index is -0.515. The lowest BCUT2D eigenvalue weighted by molar-refractivity contribution is -0.0203. The summed E-state index contributed by atoms with van der Waals surface area (Å²) in [6.07, 6.45) is 5.03. The number of phenolic OH excluding ortho intramolecular Hbond substituents is 1. The third-order valence-corrected chi connectivity index (χ3v) is 5.41. The first-order chi connectivity index (χ1) is 11.2. The number of ether oxygens (including phenoxy) is 1. The lowest BCUT2D eigenvalue weighted by Gasteiger charge is -2.44. The summed E-state index contributed by atoms with van der Waals surface area (Å²) in [6.45, 7) is 9.82. The number of hydrogen-bond acceptors (Lipinski definition) is 3. The third-order valence-electron chi connectivity index (χ3n) is 5.41. The minimum Gasteiger partial charge on any atom is -0.508 e. The van der Waals surface area contributed by atoms with Gasteiger partial charge in [-0.25, -0.2) is 4.79 Å². The van der Waals surface area contributed by atoms with E-state index in [-0.39, 0.29) is 23.4 Å². The average Bonchev–Trinajstić information content (AvgIpc) is 2.67. The Morgan fingerprint density at radius 3 is 2.46 bits per heavy atom. The Bertz CT molecular complexity index is 654. The van der Waals surface area contributed by atoms with E-state index >= 15 is 0 Å². The van der Waals surface area contributed by atoms with Gasteiger partial charge in [0.05, 0.1) is 11.6 Å². The van der Waals surface area contributed by atoms with Gasteiger partial charge in [-0.1, -0.05) is 19.3 Å². The molecule has 1 saturated carbocycles. The summed E-state index contributed by atoms with van der Waals surface area (Å²) in [6, 6.07) is 3.63. The van der Waals surface area contributed by atoms with Crippen molar-refractivity contribution in [3.8, 4) is 5.75 Å². The van der Waals surface area contributed by atoms with Crippen LogP contribution < -0.4 is 0 Å². The number of hydrogen-bond donors (Lipinski definition) is 1. The van der Waals surface area contributed by atoms with Crippen LogP contribution >= 0.6 is 0 Å². The van der Waals surface area contributed by atoms with Crippen molar-refractivity contribution in [1.82, 2.24) is 4.90 Å². The molecule has 1 aromatic carbocycles. The minimum absolute atomic E-state index is 0.0338. The Labute approximate surface area is 144 Å². The van der Waals surface area contributed by atoms with Crippen molar-refractivity contribution in [2.45, 2.75) is 83.9 Å². The highest BCUT2D eigenvalue weighted by atomic mass is 16.6. The predicted molar refractivity (Wildman–Crippen MR) is 94.1 cm³/mol. The third kappa shape index (κ3) is 2.66. The van der Waals surface area contributed by atoms with Crippen LogP contribution in [0.5, 0.6) is 5.75 Å². The summed E-state index contributed by atoms with van der Waals surface area (Å²) in [5.41, 5.74) is 2.50. The Kier molecular flexibility index (Phi) is 4.05. The second kappa shape index (κ2) is 5.68. The van der Waals surface area contributed by atoms with Crippen LogP contribution in [0, 0.1) is 6.92 Å². The molecule has 1 heterocycles. The summed E-state index contributed by atoms with van der Waals surface area (Å²) >= 11 is 0. The van der Waals surface area contributed by atoms with Crippen molar-refractivity contribution < 1.29 is 14.6 Å². The zero-order valence-corrected chi connectivity index (χ0v) is 15.5. The number of phenols is 1. The van der Waals surface area contributed by atoms with Crippen LogP contribution in [0.1, 0.15) is 82.5 Å². The van der Waals surface area contributed by atoms with Gasteiger partial charge in [-0.05, 0) is 76.3 Å². The number of carbonyl (C=O) groups excluding carboxylic acids is 1. The van der Waals surface area contributed by atoms with Crippen LogP contribution in [0.4, 0.5) is 4.79 Å².